The zero-order valence-corrected chi connectivity index (χ0v) is 18.0. The fourth-order valence-corrected chi connectivity index (χ4v) is 3.27. The quantitative estimate of drug-likeness (QED) is 0.332. The molecule has 1 atom stereocenters. The van der Waals surface area contributed by atoms with Crippen LogP contribution in [0.25, 0.3) is 0 Å². The second-order valence-electron chi connectivity index (χ2n) is 6.10. The standard InChI is InChI=1S/C19H20Cl2F2N2O5/c1-4-30-16(27)7-15(26)25(9-10-8-24-14(21)5-11(10)20)19-17(22)12(28-2)6-13(29-3)18(19)23/h6,8,11H,4-5,7,9H2,1-3H3. The number of methoxy groups -OCH3 is 2. The maximum Gasteiger partial charge on any atom is 0.315 e. The van der Waals surface area contributed by atoms with Gasteiger partial charge in [-0.05, 0) is 12.5 Å². The molecule has 7 nitrogen and oxygen atoms in total. The number of esters is 1. The Balaban J connectivity index is 2.56. The number of nitrogens with zero attached hydrogens (tertiary/aromatic N) is 2. The maximum atomic E-state index is 15.0. The molecule has 1 amide bonds. The molecular formula is C19H20Cl2F2N2O5. The number of halogens is 4. The molecule has 1 aromatic rings. The zero-order chi connectivity index (χ0) is 22.4. The lowest BCUT2D eigenvalue weighted by atomic mass is 10.1. The predicted octanol–water partition coefficient (Wildman–Crippen LogP) is 3.80. The summed E-state index contributed by atoms with van der Waals surface area (Å²) in [5, 5.41) is -0.407. The summed E-state index contributed by atoms with van der Waals surface area (Å²) in [4.78, 5) is 29.4. The number of amides is 1. The number of hydrogen-bond donors (Lipinski definition) is 0. The highest BCUT2D eigenvalue weighted by Crippen LogP contribution is 2.38. The molecule has 1 unspecified atom stereocenters. The van der Waals surface area contributed by atoms with Gasteiger partial charge in [0.25, 0.3) is 0 Å². The number of aliphatic imine (C=N–C) groups is 1. The van der Waals surface area contributed by atoms with Crippen LogP contribution in [-0.2, 0) is 14.3 Å². The maximum absolute atomic E-state index is 15.0. The van der Waals surface area contributed by atoms with Crippen LogP contribution in [-0.4, -0.2) is 49.8 Å². The molecule has 2 rings (SSSR count). The molecule has 0 aliphatic carbocycles. The highest BCUT2D eigenvalue weighted by molar-refractivity contribution is 6.66. The van der Waals surface area contributed by atoms with Crippen LogP contribution in [0.15, 0.2) is 22.8 Å². The summed E-state index contributed by atoms with van der Waals surface area (Å²) in [6.45, 7) is 1.27. The van der Waals surface area contributed by atoms with Gasteiger partial charge in [-0.2, -0.15) is 0 Å². The minimum atomic E-state index is -1.14. The third-order valence-electron chi connectivity index (χ3n) is 4.18. The second-order valence-corrected chi connectivity index (χ2v) is 7.06. The highest BCUT2D eigenvalue weighted by Gasteiger charge is 2.32. The van der Waals surface area contributed by atoms with Crippen LogP contribution in [0.5, 0.6) is 11.5 Å². The minimum absolute atomic E-state index is 0.0456. The molecule has 0 fully saturated rings. The predicted molar refractivity (Wildman–Crippen MR) is 109 cm³/mol. The van der Waals surface area contributed by atoms with Gasteiger partial charge in [0.1, 0.15) is 17.3 Å². The van der Waals surface area contributed by atoms with Crippen molar-refractivity contribution >= 4 is 45.9 Å². The molecule has 0 spiro atoms. The number of rotatable bonds is 8. The first-order chi connectivity index (χ1) is 14.2. The first-order valence-electron chi connectivity index (χ1n) is 8.84. The summed E-state index contributed by atoms with van der Waals surface area (Å²) in [6.07, 6.45) is 0.763. The molecule has 1 heterocycles. The lowest BCUT2D eigenvalue weighted by Crippen LogP contribution is -2.38. The largest absolute Gasteiger partial charge is 0.493 e. The van der Waals surface area contributed by atoms with E-state index in [2.05, 4.69) is 4.99 Å². The average Bonchev–Trinajstić information content (AvgIpc) is 2.69. The van der Waals surface area contributed by atoms with E-state index in [4.69, 9.17) is 37.4 Å². The molecule has 0 radical (unpaired) electrons. The van der Waals surface area contributed by atoms with E-state index >= 15 is 8.78 Å². The van der Waals surface area contributed by atoms with Gasteiger partial charge in [-0.1, -0.05) is 11.6 Å². The Labute approximate surface area is 182 Å². The fraction of sp³-hybridized carbons (Fsp3) is 0.421. The Morgan fingerprint density at radius 1 is 1.23 bits per heavy atom. The van der Waals surface area contributed by atoms with Crippen molar-refractivity contribution in [3.8, 4) is 11.5 Å². The van der Waals surface area contributed by atoms with Gasteiger partial charge in [-0.3, -0.25) is 9.59 Å². The Kier molecular flexibility index (Phi) is 8.43. The molecule has 1 aliphatic heterocycles. The molecule has 0 bridgehead atoms. The van der Waals surface area contributed by atoms with Crippen LogP contribution in [0.4, 0.5) is 14.5 Å². The van der Waals surface area contributed by atoms with Crippen LogP contribution in [0.1, 0.15) is 19.8 Å². The van der Waals surface area contributed by atoms with E-state index in [0.29, 0.717) is 5.57 Å². The third kappa shape index (κ3) is 5.40. The number of carbonyl (C=O) groups excluding carboxylic acids is 2. The van der Waals surface area contributed by atoms with Crippen molar-refractivity contribution in [3.05, 3.63) is 29.5 Å². The number of alkyl halides is 1. The van der Waals surface area contributed by atoms with Crippen molar-refractivity contribution in [3.63, 3.8) is 0 Å². The molecule has 0 saturated heterocycles. The van der Waals surface area contributed by atoms with Crippen LogP contribution >= 0.6 is 23.2 Å². The van der Waals surface area contributed by atoms with Gasteiger partial charge in [-0.15, -0.1) is 11.6 Å². The second kappa shape index (κ2) is 10.6. The third-order valence-corrected chi connectivity index (χ3v) is 4.87. The molecular weight excluding hydrogens is 445 g/mol. The van der Waals surface area contributed by atoms with Crippen molar-refractivity contribution in [2.75, 3.05) is 32.3 Å². The van der Waals surface area contributed by atoms with Crippen molar-refractivity contribution in [2.45, 2.75) is 25.1 Å². The normalized spacial score (nSPS) is 15.8. The van der Waals surface area contributed by atoms with E-state index in [9.17, 15) is 9.59 Å². The molecule has 1 aromatic carbocycles. The van der Waals surface area contributed by atoms with E-state index in [1.54, 1.807) is 6.92 Å². The summed E-state index contributed by atoms with van der Waals surface area (Å²) in [5.74, 6) is -4.73. The van der Waals surface area contributed by atoms with E-state index in [1.807, 2.05) is 0 Å². The zero-order valence-electron chi connectivity index (χ0n) is 16.5. The SMILES string of the molecule is CCOC(=O)CC(=O)N(CC1=CN=C(Cl)CC1Cl)c1c(F)c(OC)cc(OC)c1F. The van der Waals surface area contributed by atoms with Gasteiger partial charge in [0, 0.05) is 18.7 Å². The first-order valence-corrected chi connectivity index (χ1v) is 9.65. The highest BCUT2D eigenvalue weighted by atomic mass is 35.5. The molecule has 164 valence electrons. The molecule has 1 aliphatic rings. The Morgan fingerprint density at radius 2 is 1.83 bits per heavy atom. The van der Waals surface area contributed by atoms with E-state index < -0.39 is 41.0 Å². The molecule has 0 aromatic heterocycles. The van der Waals surface area contributed by atoms with Crippen LogP contribution in [0.2, 0.25) is 0 Å². The van der Waals surface area contributed by atoms with E-state index in [0.717, 1.165) is 11.0 Å². The van der Waals surface area contributed by atoms with Crippen LogP contribution in [0.3, 0.4) is 0 Å². The summed E-state index contributed by atoms with van der Waals surface area (Å²) in [5.41, 5.74) is -0.371. The van der Waals surface area contributed by atoms with Gasteiger partial charge in [-0.25, -0.2) is 13.8 Å². The van der Waals surface area contributed by atoms with Gasteiger partial charge < -0.3 is 19.1 Å². The van der Waals surface area contributed by atoms with Crippen molar-refractivity contribution in [1.82, 2.24) is 0 Å². The lowest BCUT2D eigenvalue weighted by Gasteiger charge is -2.28. The van der Waals surface area contributed by atoms with Crippen LogP contribution in [0, 0.1) is 11.6 Å². The lowest BCUT2D eigenvalue weighted by molar-refractivity contribution is -0.145. The number of carbonyl (C=O) groups is 2. The minimum Gasteiger partial charge on any atom is -0.493 e. The van der Waals surface area contributed by atoms with Gasteiger partial charge in [0.2, 0.25) is 5.91 Å². The molecule has 0 N–H and O–H groups in total. The summed E-state index contributed by atoms with van der Waals surface area (Å²) in [7, 11) is 2.36. The summed E-state index contributed by atoms with van der Waals surface area (Å²) >= 11 is 12.1. The topological polar surface area (TPSA) is 77.4 Å². The molecule has 30 heavy (non-hydrogen) atoms. The fourth-order valence-electron chi connectivity index (χ4n) is 2.72. The monoisotopic (exact) mass is 464 g/mol. The summed E-state index contributed by atoms with van der Waals surface area (Å²) in [6, 6.07) is 1.01. The molecule has 0 saturated carbocycles. The number of ether oxygens (including phenoxy) is 3. The first kappa shape index (κ1) is 23.9. The van der Waals surface area contributed by atoms with Crippen molar-refractivity contribution in [1.29, 1.82) is 0 Å². The Bertz CT molecular complexity index is 864. The Morgan fingerprint density at radius 3 is 2.33 bits per heavy atom. The van der Waals surface area contributed by atoms with E-state index in [1.165, 1.54) is 20.4 Å². The van der Waals surface area contributed by atoms with Crippen molar-refractivity contribution < 1.29 is 32.6 Å². The number of hydrogen-bond acceptors (Lipinski definition) is 6. The summed E-state index contributed by atoms with van der Waals surface area (Å²) < 4.78 is 44.7. The number of anilines is 1. The van der Waals surface area contributed by atoms with Crippen molar-refractivity contribution in [2.24, 2.45) is 4.99 Å². The van der Waals surface area contributed by atoms with Gasteiger partial charge in [0.05, 0.1) is 32.7 Å². The van der Waals surface area contributed by atoms with Gasteiger partial charge in [0.15, 0.2) is 23.1 Å². The van der Waals surface area contributed by atoms with Gasteiger partial charge >= 0.3 is 5.97 Å². The van der Waals surface area contributed by atoms with Crippen LogP contribution < -0.4 is 14.4 Å². The smallest absolute Gasteiger partial charge is 0.315 e. The number of benzene rings is 1. The Hall–Kier alpha value is -2.39. The average molecular weight is 465 g/mol. The van der Waals surface area contributed by atoms with E-state index in [-0.39, 0.29) is 36.2 Å². The molecule has 11 heteroatoms.